The Kier molecular flexibility index (Phi) is 4.05. The standard InChI is InChI=1S/C9H17N3O3/c1-5(13)7(8(10)14)12-9(15)6-2-3-11-4-6/h5-7,11,13H,2-4H2,1H3,(H2,10,14)(H,12,15)/t5-,6?,7+/m1/s1. The number of amides is 2. The minimum atomic E-state index is -1.00. The van der Waals surface area contributed by atoms with Crippen LogP contribution in [0, 0.1) is 5.92 Å². The highest BCUT2D eigenvalue weighted by atomic mass is 16.3. The Balaban J connectivity index is 2.50. The molecule has 1 saturated heterocycles. The molecule has 1 heterocycles. The number of rotatable bonds is 4. The molecule has 5 N–H and O–H groups in total. The van der Waals surface area contributed by atoms with Gasteiger partial charge in [0, 0.05) is 6.54 Å². The lowest BCUT2D eigenvalue weighted by Gasteiger charge is -2.19. The van der Waals surface area contributed by atoms with Gasteiger partial charge in [-0.1, -0.05) is 0 Å². The normalized spacial score (nSPS) is 24.5. The molecule has 0 spiro atoms. The van der Waals surface area contributed by atoms with E-state index in [1.54, 1.807) is 0 Å². The van der Waals surface area contributed by atoms with Crippen molar-refractivity contribution in [1.29, 1.82) is 0 Å². The summed E-state index contributed by atoms with van der Waals surface area (Å²) in [7, 11) is 0. The van der Waals surface area contributed by atoms with E-state index in [4.69, 9.17) is 5.73 Å². The molecule has 6 heteroatoms. The summed E-state index contributed by atoms with van der Waals surface area (Å²) in [6, 6.07) is -1.00. The molecule has 2 amide bonds. The number of primary amides is 1. The maximum atomic E-state index is 11.6. The van der Waals surface area contributed by atoms with Crippen molar-refractivity contribution >= 4 is 11.8 Å². The van der Waals surface area contributed by atoms with Gasteiger partial charge in [-0.15, -0.1) is 0 Å². The number of carbonyl (C=O) groups is 2. The largest absolute Gasteiger partial charge is 0.391 e. The Labute approximate surface area is 88.2 Å². The number of carbonyl (C=O) groups excluding carboxylic acids is 2. The van der Waals surface area contributed by atoms with Crippen molar-refractivity contribution in [3.63, 3.8) is 0 Å². The maximum absolute atomic E-state index is 11.6. The number of aliphatic hydroxyl groups is 1. The summed E-state index contributed by atoms with van der Waals surface area (Å²) in [6.07, 6.45) is -0.224. The van der Waals surface area contributed by atoms with Crippen LogP contribution in [0.15, 0.2) is 0 Å². The molecule has 0 aromatic heterocycles. The first-order valence-corrected chi connectivity index (χ1v) is 5.01. The van der Waals surface area contributed by atoms with Crippen molar-refractivity contribution in [3.05, 3.63) is 0 Å². The second kappa shape index (κ2) is 5.09. The lowest BCUT2D eigenvalue weighted by Crippen LogP contribution is -2.52. The number of nitrogens with one attached hydrogen (secondary N) is 2. The van der Waals surface area contributed by atoms with Crippen LogP contribution in [0.5, 0.6) is 0 Å². The first kappa shape index (κ1) is 11.9. The lowest BCUT2D eigenvalue weighted by atomic mass is 10.1. The van der Waals surface area contributed by atoms with Gasteiger partial charge < -0.3 is 21.5 Å². The molecule has 15 heavy (non-hydrogen) atoms. The van der Waals surface area contributed by atoms with E-state index in [0.29, 0.717) is 6.54 Å². The molecular weight excluding hydrogens is 198 g/mol. The minimum absolute atomic E-state index is 0.134. The van der Waals surface area contributed by atoms with Gasteiger partial charge in [0.05, 0.1) is 12.0 Å². The Morgan fingerprint density at radius 1 is 1.60 bits per heavy atom. The van der Waals surface area contributed by atoms with Crippen LogP contribution >= 0.6 is 0 Å². The third kappa shape index (κ3) is 3.17. The maximum Gasteiger partial charge on any atom is 0.242 e. The Morgan fingerprint density at radius 2 is 2.27 bits per heavy atom. The Morgan fingerprint density at radius 3 is 2.67 bits per heavy atom. The van der Waals surface area contributed by atoms with E-state index in [2.05, 4.69) is 10.6 Å². The zero-order chi connectivity index (χ0) is 11.4. The summed E-state index contributed by atoms with van der Waals surface area (Å²) in [5.41, 5.74) is 5.06. The first-order valence-electron chi connectivity index (χ1n) is 5.01. The molecule has 0 aromatic carbocycles. The van der Waals surface area contributed by atoms with E-state index < -0.39 is 18.1 Å². The van der Waals surface area contributed by atoms with Crippen molar-refractivity contribution in [2.24, 2.45) is 11.7 Å². The summed E-state index contributed by atoms with van der Waals surface area (Å²) in [6.45, 7) is 2.83. The van der Waals surface area contributed by atoms with Gasteiger partial charge in [0.1, 0.15) is 6.04 Å². The first-order chi connectivity index (χ1) is 7.02. The molecule has 0 aromatic rings. The van der Waals surface area contributed by atoms with Crippen LogP contribution in [0.3, 0.4) is 0 Å². The van der Waals surface area contributed by atoms with Crippen LogP contribution in [0.2, 0.25) is 0 Å². The smallest absolute Gasteiger partial charge is 0.242 e. The second-order valence-corrected chi connectivity index (χ2v) is 3.82. The predicted octanol–water partition coefficient (Wildman–Crippen LogP) is -2.05. The average molecular weight is 215 g/mol. The zero-order valence-electron chi connectivity index (χ0n) is 8.69. The molecular formula is C9H17N3O3. The number of aliphatic hydroxyl groups excluding tert-OH is 1. The monoisotopic (exact) mass is 215 g/mol. The third-order valence-electron chi connectivity index (χ3n) is 2.52. The van der Waals surface area contributed by atoms with Gasteiger partial charge in [0.2, 0.25) is 11.8 Å². The zero-order valence-corrected chi connectivity index (χ0v) is 8.69. The summed E-state index contributed by atoms with van der Waals surface area (Å²) in [5.74, 6) is -1.08. The third-order valence-corrected chi connectivity index (χ3v) is 2.52. The van der Waals surface area contributed by atoms with Crippen LogP contribution in [-0.2, 0) is 9.59 Å². The van der Waals surface area contributed by atoms with Crippen molar-refractivity contribution < 1.29 is 14.7 Å². The van der Waals surface area contributed by atoms with Gasteiger partial charge in [0.25, 0.3) is 0 Å². The molecule has 0 saturated carbocycles. The van der Waals surface area contributed by atoms with Crippen molar-refractivity contribution in [2.45, 2.75) is 25.5 Å². The van der Waals surface area contributed by atoms with E-state index in [1.807, 2.05) is 0 Å². The summed E-state index contributed by atoms with van der Waals surface area (Å²) in [4.78, 5) is 22.5. The topological polar surface area (TPSA) is 104 Å². The van der Waals surface area contributed by atoms with Crippen molar-refractivity contribution in [2.75, 3.05) is 13.1 Å². The molecule has 1 rings (SSSR count). The number of nitrogens with two attached hydrogens (primary N) is 1. The molecule has 1 fully saturated rings. The highest BCUT2D eigenvalue weighted by molar-refractivity contribution is 5.88. The molecule has 1 unspecified atom stereocenters. The van der Waals surface area contributed by atoms with Gasteiger partial charge >= 0.3 is 0 Å². The van der Waals surface area contributed by atoms with Crippen LogP contribution in [0.25, 0.3) is 0 Å². The molecule has 0 radical (unpaired) electrons. The summed E-state index contributed by atoms with van der Waals surface area (Å²) in [5, 5.41) is 14.7. The minimum Gasteiger partial charge on any atom is -0.391 e. The molecule has 6 nitrogen and oxygen atoms in total. The van der Waals surface area contributed by atoms with Crippen LogP contribution < -0.4 is 16.4 Å². The van der Waals surface area contributed by atoms with Crippen molar-refractivity contribution in [3.8, 4) is 0 Å². The average Bonchev–Trinajstić information content (AvgIpc) is 2.65. The van der Waals surface area contributed by atoms with Crippen LogP contribution in [0.1, 0.15) is 13.3 Å². The fourth-order valence-electron chi connectivity index (χ4n) is 1.58. The second-order valence-electron chi connectivity index (χ2n) is 3.82. The highest BCUT2D eigenvalue weighted by Crippen LogP contribution is 2.08. The van der Waals surface area contributed by atoms with Gasteiger partial charge in [-0.3, -0.25) is 9.59 Å². The van der Waals surface area contributed by atoms with Crippen molar-refractivity contribution in [1.82, 2.24) is 10.6 Å². The van der Waals surface area contributed by atoms with Gasteiger partial charge in [-0.05, 0) is 19.9 Å². The van der Waals surface area contributed by atoms with Crippen LogP contribution in [-0.4, -0.2) is 42.2 Å². The van der Waals surface area contributed by atoms with E-state index in [-0.39, 0.29) is 11.8 Å². The molecule has 1 aliphatic rings. The van der Waals surface area contributed by atoms with E-state index >= 15 is 0 Å². The van der Waals surface area contributed by atoms with E-state index in [1.165, 1.54) is 6.92 Å². The SMILES string of the molecule is C[C@@H](O)[C@H](NC(=O)C1CCNC1)C(N)=O. The van der Waals surface area contributed by atoms with Crippen LogP contribution in [0.4, 0.5) is 0 Å². The number of hydrogen-bond acceptors (Lipinski definition) is 4. The molecule has 86 valence electrons. The Bertz CT molecular complexity index is 249. The molecule has 0 aliphatic carbocycles. The molecule has 3 atom stereocenters. The fraction of sp³-hybridized carbons (Fsp3) is 0.778. The van der Waals surface area contributed by atoms with Gasteiger partial charge in [-0.2, -0.15) is 0 Å². The van der Waals surface area contributed by atoms with E-state index in [9.17, 15) is 14.7 Å². The molecule has 0 bridgehead atoms. The summed E-state index contributed by atoms with van der Waals surface area (Å²) < 4.78 is 0. The lowest BCUT2D eigenvalue weighted by molar-refractivity contribution is -0.131. The fourth-order valence-corrected chi connectivity index (χ4v) is 1.58. The van der Waals surface area contributed by atoms with Gasteiger partial charge in [-0.25, -0.2) is 0 Å². The van der Waals surface area contributed by atoms with Gasteiger partial charge in [0.15, 0.2) is 0 Å². The number of hydrogen-bond donors (Lipinski definition) is 4. The predicted molar refractivity (Wildman–Crippen MR) is 53.8 cm³/mol. The molecule has 1 aliphatic heterocycles. The van der Waals surface area contributed by atoms with E-state index in [0.717, 1.165) is 13.0 Å². The summed E-state index contributed by atoms with van der Waals surface area (Å²) >= 11 is 0. The quantitative estimate of drug-likeness (QED) is 0.433. The Hall–Kier alpha value is -1.14. The highest BCUT2D eigenvalue weighted by Gasteiger charge is 2.28.